The van der Waals surface area contributed by atoms with Gasteiger partial charge in [0.05, 0.1) is 12.4 Å². The molecule has 0 amide bonds. The molecule has 0 heterocycles. The number of unbranched alkanes of at least 4 members (excludes halogenated alkanes) is 1. The third kappa shape index (κ3) is 6.57. The molecule has 74 valence electrons. The van der Waals surface area contributed by atoms with E-state index < -0.39 is 0 Å². The van der Waals surface area contributed by atoms with Crippen molar-refractivity contribution in [1.29, 1.82) is 0 Å². The quantitative estimate of drug-likeness (QED) is 0.412. The molecule has 0 atom stereocenters. The Morgan fingerprint density at radius 3 is 2.64 bits per heavy atom. The summed E-state index contributed by atoms with van der Waals surface area (Å²) in [6, 6.07) is 7.84. The van der Waals surface area contributed by atoms with E-state index in [-0.39, 0.29) is 40.0 Å². The summed E-state index contributed by atoms with van der Waals surface area (Å²) in [6.45, 7) is 6.79. The van der Waals surface area contributed by atoms with Crippen LogP contribution < -0.4 is 21.7 Å². The van der Waals surface area contributed by atoms with Crippen molar-refractivity contribution in [3.8, 4) is 5.75 Å². The van der Waals surface area contributed by atoms with Crippen LogP contribution in [0.15, 0.2) is 24.3 Å². The molecule has 0 aliphatic heterocycles. The third-order valence-electron chi connectivity index (χ3n) is 1.67. The normalized spacial score (nSPS) is 8.36. The SMILES string of the molecule is [Br-].[CH2-]c1cccc(OCCCC)c1.[Mg+2]. The van der Waals surface area contributed by atoms with Gasteiger partial charge >= 0.3 is 23.1 Å². The number of rotatable bonds is 4. The molecule has 0 aromatic heterocycles. The summed E-state index contributed by atoms with van der Waals surface area (Å²) in [4.78, 5) is 0. The van der Waals surface area contributed by atoms with Gasteiger partial charge in [0.25, 0.3) is 0 Å². The van der Waals surface area contributed by atoms with Crippen LogP contribution in [0.1, 0.15) is 25.3 Å². The van der Waals surface area contributed by atoms with Crippen LogP contribution in [0.5, 0.6) is 5.75 Å². The zero-order chi connectivity index (χ0) is 8.81. The largest absolute Gasteiger partial charge is 2.00 e. The van der Waals surface area contributed by atoms with Gasteiger partial charge in [0.1, 0.15) is 0 Å². The molecule has 1 aromatic rings. The Labute approximate surface area is 113 Å². The summed E-state index contributed by atoms with van der Waals surface area (Å²) in [7, 11) is 0. The van der Waals surface area contributed by atoms with Gasteiger partial charge in [-0.2, -0.15) is 18.6 Å². The molecular formula is C11H15BrMgO. The van der Waals surface area contributed by atoms with Gasteiger partial charge in [-0.25, -0.2) is 0 Å². The molecule has 1 rings (SSSR count). The fraction of sp³-hybridized carbons (Fsp3) is 0.364. The molecule has 0 bridgehead atoms. The summed E-state index contributed by atoms with van der Waals surface area (Å²) in [5.41, 5.74) is 1.00. The van der Waals surface area contributed by atoms with E-state index in [1.165, 1.54) is 6.42 Å². The Balaban J connectivity index is 0. The van der Waals surface area contributed by atoms with Crippen molar-refractivity contribution in [3.05, 3.63) is 36.8 Å². The maximum absolute atomic E-state index is 5.49. The monoisotopic (exact) mass is 266 g/mol. The van der Waals surface area contributed by atoms with Gasteiger partial charge in [0.15, 0.2) is 0 Å². The molecule has 0 fully saturated rings. The van der Waals surface area contributed by atoms with Crippen LogP contribution in [-0.2, 0) is 0 Å². The maximum Gasteiger partial charge on any atom is 2.00 e. The average Bonchev–Trinajstić information content (AvgIpc) is 2.05. The Bertz CT molecular complexity index is 240. The van der Waals surface area contributed by atoms with E-state index in [0.29, 0.717) is 0 Å². The molecule has 0 N–H and O–H groups in total. The first-order valence-electron chi connectivity index (χ1n) is 4.37. The molecule has 3 heteroatoms. The summed E-state index contributed by atoms with van der Waals surface area (Å²) in [6.07, 6.45) is 2.28. The van der Waals surface area contributed by atoms with Crippen LogP contribution in [0.3, 0.4) is 0 Å². The van der Waals surface area contributed by atoms with E-state index in [9.17, 15) is 0 Å². The standard InChI is InChI=1S/C11H15O.BrH.Mg/c1-3-4-8-12-11-7-5-6-10(2)9-11;;/h5-7,9H,2-4,8H2,1H3;1H;/q-1;;+2/p-1. The molecule has 1 aromatic carbocycles. The molecule has 0 unspecified atom stereocenters. The zero-order valence-electron chi connectivity index (χ0n) is 8.63. The van der Waals surface area contributed by atoms with Gasteiger partial charge in [-0.1, -0.05) is 13.3 Å². The first kappa shape index (κ1) is 16.6. The predicted octanol–water partition coefficient (Wildman–Crippen LogP) is -0.329. The Morgan fingerprint density at radius 2 is 2.07 bits per heavy atom. The van der Waals surface area contributed by atoms with Crippen LogP contribution in [0, 0.1) is 6.92 Å². The van der Waals surface area contributed by atoms with Gasteiger partial charge in [0, 0.05) is 0 Å². The van der Waals surface area contributed by atoms with E-state index in [4.69, 9.17) is 4.74 Å². The Kier molecular flexibility index (Phi) is 11.5. The summed E-state index contributed by atoms with van der Waals surface area (Å²) in [5.74, 6) is 0.927. The fourth-order valence-electron chi connectivity index (χ4n) is 0.970. The van der Waals surface area contributed by atoms with Crippen molar-refractivity contribution < 1.29 is 21.7 Å². The van der Waals surface area contributed by atoms with Crippen LogP contribution in [0.2, 0.25) is 0 Å². The van der Waals surface area contributed by atoms with E-state index in [1.54, 1.807) is 0 Å². The van der Waals surface area contributed by atoms with Gasteiger partial charge in [-0.15, -0.1) is 12.1 Å². The third-order valence-corrected chi connectivity index (χ3v) is 1.67. The summed E-state index contributed by atoms with van der Waals surface area (Å²) in [5, 5.41) is 0. The molecule has 0 spiro atoms. The first-order chi connectivity index (χ1) is 5.83. The van der Waals surface area contributed by atoms with Crippen LogP contribution in [0.4, 0.5) is 0 Å². The van der Waals surface area contributed by atoms with E-state index in [1.807, 2.05) is 24.3 Å². The van der Waals surface area contributed by atoms with Gasteiger partial charge in [0.2, 0.25) is 0 Å². The van der Waals surface area contributed by atoms with Gasteiger partial charge in [-0.05, 0) is 12.5 Å². The minimum atomic E-state index is 0. The minimum absolute atomic E-state index is 0. The Morgan fingerprint density at radius 1 is 1.36 bits per heavy atom. The minimum Gasteiger partial charge on any atom is -1.00 e. The predicted molar refractivity (Wildman–Crippen MR) is 57.1 cm³/mol. The van der Waals surface area contributed by atoms with Crippen LogP contribution >= 0.6 is 0 Å². The molecule has 1 nitrogen and oxygen atoms in total. The van der Waals surface area contributed by atoms with E-state index in [2.05, 4.69) is 13.8 Å². The second-order valence-electron chi connectivity index (χ2n) is 2.85. The Hall–Kier alpha value is 0.136. The van der Waals surface area contributed by atoms with E-state index in [0.717, 1.165) is 24.3 Å². The van der Waals surface area contributed by atoms with Crippen molar-refractivity contribution in [2.75, 3.05) is 6.61 Å². The molecule has 0 aliphatic rings. The number of halogens is 1. The van der Waals surface area contributed by atoms with Crippen molar-refractivity contribution in [2.24, 2.45) is 0 Å². The molecular weight excluding hydrogens is 252 g/mol. The smallest absolute Gasteiger partial charge is 1.00 e. The number of benzene rings is 1. The number of hydrogen-bond donors (Lipinski definition) is 0. The van der Waals surface area contributed by atoms with Crippen LogP contribution in [-0.4, -0.2) is 29.7 Å². The molecule has 0 saturated heterocycles. The topological polar surface area (TPSA) is 9.23 Å². The summed E-state index contributed by atoms with van der Waals surface area (Å²) >= 11 is 0. The second-order valence-corrected chi connectivity index (χ2v) is 2.85. The van der Waals surface area contributed by atoms with Crippen molar-refractivity contribution in [3.63, 3.8) is 0 Å². The van der Waals surface area contributed by atoms with Crippen LogP contribution in [0.25, 0.3) is 0 Å². The number of hydrogen-bond acceptors (Lipinski definition) is 1. The van der Waals surface area contributed by atoms with Crippen molar-refractivity contribution in [1.82, 2.24) is 0 Å². The summed E-state index contributed by atoms with van der Waals surface area (Å²) < 4.78 is 5.49. The fourth-order valence-corrected chi connectivity index (χ4v) is 0.970. The molecule has 0 saturated carbocycles. The average molecular weight is 267 g/mol. The molecule has 14 heavy (non-hydrogen) atoms. The van der Waals surface area contributed by atoms with Crippen molar-refractivity contribution >= 4 is 23.1 Å². The second kappa shape index (κ2) is 9.68. The molecule has 0 aliphatic carbocycles. The number of ether oxygens (including phenoxy) is 1. The van der Waals surface area contributed by atoms with E-state index >= 15 is 0 Å². The first-order valence-corrected chi connectivity index (χ1v) is 4.37. The van der Waals surface area contributed by atoms with Gasteiger partial charge < -0.3 is 21.7 Å². The zero-order valence-corrected chi connectivity index (χ0v) is 11.6. The van der Waals surface area contributed by atoms with Crippen molar-refractivity contribution in [2.45, 2.75) is 19.8 Å². The molecule has 0 radical (unpaired) electrons. The van der Waals surface area contributed by atoms with Gasteiger partial charge in [-0.3, -0.25) is 0 Å². The maximum atomic E-state index is 5.49.